The molecule has 0 saturated carbocycles. The number of amides is 1. The van der Waals surface area contributed by atoms with Gasteiger partial charge in [-0.1, -0.05) is 35.9 Å². The van der Waals surface area contributed by atoms with E-state index in [1.165, 1.54) is 18.3 Å². The maximum Gasteiger partial charge on any atom is 0.264 e. The molecule has 144 valence electrons. The summed E-state index contributed by atoms with van der Waals surface area (Å²) in [7, 11) is 0. The molecule has 1 amide bonds. The van der Waals surface area contributed by atoms with Gasteiger partial charge >= 0.3 is 0 Å². The molecule has 0 saturated heterocycles. The SMILES string of the molecule is CC(=O)c1cccc(OCC(=O)Nc2ncc(Cc3ccc(C)c(Cl)c3)s2)c1. The molecular weight excluding hydrogens is 396 g/mol. The van der Waals surface area contributed by atoms with Gasteiger partial charge < -0.3 is 4.74 Å². The molecule has 3 rings (SSSR count). The Morgan fingerprint density at radius 3 is 2.79 bits per heavy atom. The van der Waals surface area contributed by atoms with Crippen LogP contribution in [0.1, 0.15) is 33.3 Å². The van der Waals surface area contributed by atoms with Crippen molar-refractivity contribution in [2.45, 2.75) is 20.3 Å². The quantitative estimate of drug-likeness (QED) is 0.557. The number of Topliss-reactive ketones (excluding diaryl/α,β-unsaturated/α-hetero) is 1. The topological polar surface area (TPSA) is 68.3 Å². The molecule has 0 fully saturated rings. The Balaban J connectivity index is 1.54. The lowest BCUT2D eigenvalue weighted by molar-refractivity contribution is -0.118. The minimum Gasteiger partial charge on any atom is -0.484 e. The zero-order valence-corrected chi connectivity index (χ0v) is 17.1. The van der Waals surface area contributed by atoms with Crippen molar-refractivity contribution in [2.75, 3.05) is 11.9 Å². The summed E-state index contributed by atoms with van der Waals surface area (Å²) in [6.45, 7) is 3.28. The van der Waals surface area contributed by atoms with Crippen molar-refractivity contribution in [3.63, 3.8) is 0 Å². The number of nitrogens with zero attached hydrogens (tertiary/aromatic N) is 1. The zero-order valence-electron chi connectivity index (χ0n) is 15.5. The zero-order chi connectivity index (χ0) is 20.1. The highest BCUT2D eigenvalue weighted by Crippen LogP contribution is 2.24. The molecule has 1 heterocycles. The third-order valence-electron chi connectivity index (χ3n) is 4.03. The van der Waals surface area contributed by atoms with Crippen molar-refractivity contribution in [3.8, 4) is 5.75 Å². The van der Waals surface area contributed by atoms with Crippen molar-refractivity contribution in [1.82, 2.24) is 4.98 Å². The first-order valence-electron chi connectivity index (χ1n) is 8.64. The number of thiazole rings is 1. The minimum absolute atomic E-state index is 0.0555. The van der Waals surface area contributed by atoms with E-state index in [4.69, 9.17) is 16.3 Å². The summed E-state index contributed by atoms with van der Waals surface area (Å²) >= 11 is 7.57. The fourth-order valence-corrected chi connectivity index (χ4v) is 3.57. The molecule has 0 aliphatic carbocycles. The second-order valence-corrected chi connectivity index (χ2v) is 7.84. The standard InChI is InChI=1S/C21H19ClN2O3S/c1-13-6-7-15(9-19(13)22)8-18-11-23-21(28-18)24-20(26)12-27-17-5-3-4-16(10-17)14(2)25/h3-7,9-11H,8,12H2,1-2H3,(H,23,24,26). The molecule has 0 unspecified atom stereocenters. The molecular formula is C21H19ClN2O3S. The first-order valence-corrected chi connectivity index (χ1v) is 9.83. The Bertz CT molecular complexity index is 1020. The van der Waals surface area contributed by atoms with Crippen LogP contribution >= 0.6 is 22.9 Å². The smallest absolute Gasteiger partial charge is 0.264 e. The lowest BCUT2D eigenvalue weighted by Crippen LogP contribution is -2.20. The van der Waals surface area contributed by atoms with E-state index >= 15 is 0 Å². The molecule has 0 bridgehead atoms. The number of halogens is 1. The fraction of sp³-hybridized carbons (Fsp3) is 0.190. The van der Waals surface area contributed by atoms with E-state index in [-0.39, 0.29) is 18.3 Å². The number of ketones is 1. The van der Waals surface area contributed by atoms with Gasteiger partial charge in [0.15, 0.2) is 17.5 Å². The van der Waals surface area contributed by atoms with Crippen LogP contribution in [0.25, 0.3) is 0 Å². The van der Waals surface area contributed by atoms with Crippen molar-refractivity contribution < 1.29 is 14.3 Å². The van der Waals surface area contributed by atoms with Crippen LogP contribution in [0.5, 0.6) is 5.75 Å². The Kier molecular flexibility index (Phi) is 6.44. The molecule has 1 aromatic heterocycles. The van der Waals surface area contributed by atoms with Gasteiger partial charge in [-0.3, -0.25) is 14.9 Å². The first kappa shape index (κ1) is 20.0. The highest BCUT2D eigenvalue weighted by Gasteiger charge is 2.09. The highest BCUT2D eigenvalue weighted by atomic mass is 35.5. The van der Waals surface area contributed by atoms with Crippen LogP contribution < -0.4 is 10.1 Å². The van der Waals surface area contributed by atoms with Crippen LogP contribution in [0.2, 0.25) is 5.02 Å². The molecule has 2 aromatic carbocycles. The average molecular weight is 415 g/mol. The maximum absolute atomic E-state index is 12.1. The highest BCUT2D eigenvalue weighted by molar-refractivity contribution is 7.15. The summed E-state index contributed by atoms with van der Waals surface area (Å²) in [6, 6.07) is 12.7. The normalized spacial score (nSPS) is 10.5. The molecule has 3 aromatic rings. The van der Waals surface area contributed by atoms with E-state index in [1.54, 1.807) is 30.5 Å². The van der Waals surface area contributed by atoms with Crippen molar-refractivity contribution in [3.05, 3.63) is 75.3 Å². The predicted octanol–water partition coefficient (Wildman–Crippen LogP) is 4.92. The molecule has 28 heavy (non-hydrogen) atoms. The monoisotopic (exact) mass is 414 g/mol. The molecule has 0 spiro atoms. The van der Waals surface area contributed by atoms with Gasteiger partial charge in [0.1, 0.15) is 5.75 Å². The van der Waals surface area contributed by atoms with Gasteiger partial charge in [0, 0.05) is 28.1 Å². The minimum atomic E-state index is -0.312. The Hall–Kier alpha value is -2.70. The van der Waals surface area contributed by atoms with Crippen LogP contribution in [0, 0.1) is 6.92 Å². The summed E-state index contributed by atoms with van der Waals surface area (Å²) < 4.78 is 5.46. The van der Waals surface area contributed by atoms with Crippen LogP contribution in [0.15, 0.2) is 48.7 Å². The van der Waals surface area contributed by atoms with Gasteiger partial charge in [-0.15, -0.1) is 11.3 Å². The number of carbonyl (C=O) groups is 2. The Morgan fingerprint density at radius 2 is 2.04 bits per heavy atom. The van der Waals surface area contributed by atoms with Crippen LogP contribution in [0.4, 0.5) is 5.13 Å². The second kappa shape index (κ2) is 8.99. The number of aromatic nitrogens is 1. The summed E-state index contributed by atoms with van der Waals surface area (Å²) in [6.07, 6.45) is 2.44. The largest absolute Gasteiger partial charge is 0.484 e. The average Bonchev–Trinajstić information content (AvgIpc) is 3.10. The number of nitrogens with one attached hydrogen (secondary N) is 1. The molecule has 0 atom stereocenters. The number of rotatable bonds is 7. The number of hydrogen-bond donors (Lipinski definition) is 1. The van der Waals surface area contributed by atoms with E-state index in [2.05, 4.69) is 10.3 Å². The molecule has 0 radical (unpaired) electrons. The number of aryl methyl sites for hydroxylation is 1. The summed E-state index contributed by atoms with van der Waals surface area (Å²) in [5, 5.41) is 3.98. The molecule has 7 heteroatoms. The fourth-order valence-electron chi connectivity index (χ4n) is 2.50. The second-order valence-electron chi connectivity index (χ2n) is 6.31. The van der Waals surface area contributed by atoms with Crippen LogP contribution in [0.3, 0.4) is 0 Å². The van der Waals surface area contributed by atoms with E-state index in [0.717, 1.165) is 21.0 Å². The van der Waals surface area contributed by atoms with E-state index in [1.807, 2.05) is 25.1 Å². The summed E-state index contributed by atoms with van der Waals surface area (Å²) in [5.41, 5.74) is 2.67. The van der Waals surface area contributed by atoms with Crippen LogP contribution in [-0.4, -0.2) is 23.3 Å². The third kappa shape index (κ3) is 5.41. The van der Waals surface area contributed by atoms with Gasteiger partial charge in [-0.2, -0.15) is 0 Å². The van der Waals surface area contributed by atoms with Gasteiger partial charge in [-0.25, -0.2) is 4.98 Å². The number of hydrogen-bond acceptors (Lipinski definition) is 5. The molecule has 0 aliphatic rings. The third-order valence-corrected chi connectivity index (χ3v) is 5.34. The summed E-state index contributed by atoms with van der Waals surface area (Å²) in [4.78, 5) is 28.8. The van der Waals surface area contributed by atoms with Gasteiger partial charge in [0.25, 0.3) is 5.91 Å². The molecule has 5 nitrogen and oxygen atoms in total. The van der Waals surface area contributed by atoms with Gasteiger partial charge in [0.2, 0.25) is 0 Å². The van der Waals surface area contributed by atoms with Crippen LogP contribution in [-0.2, 0) is 11.2 Å². The maximum atomic E-state index is 12.1. The van der Waals surface area contributed by atoms with Crippen molar-refractivity contribution in [1.29, 1.82) is 0 Å². The van der Waals surface area contributed by atoms with Crippen molar-refractivity contribution in [2.24, 2.45) is 0 Å². The number of benzene rings is 2. The first-order chi connectivity index (χ1) is 13.4. The van der Waals surface area contributed by atoms with Gasteiger partial charge in [-0.05, 0) is 43.2 Å². The number of carbonyl (C=O) groups excluding carboxylic acids is 2. The van der Waals surface area contributed by atoms with Gasteiger partial charge in [0.05, 0.1) is 0 Å². The summed E-state index contributed by atoms with van der Waals surface area (Å²) in [5.74, 6) is 0.103. The van der Waals surface area contributed by atoms with E-state index < -0.39 is 0 Å². The molecule has 0 aliphatic heterocycles. The van der Waals surface area contributed by atoms with Crippen molar-refractivity contribution >= 4 is 39.8 Å². The lowest BCUT2D eigenvalue weighted by Gasteiger charge is -2.06. The molecule has 1 N–H and O–H groups in total. The number of ether oxygens (including phenoxy) is 1. The van der Waals surface area contributed by atoms with E-state index in [0.29, 0.717) is 22.9 Å². The van der Waals surface area contributed by atoms with E-state index in [9.17, 15) is 9.59 Å². The Labute approximate surface area is 172 Å². The number of anilines is 1. The lowest BCUT2D eigenvalue weighted by atomic mass is 10.1. The predicted molar refractivity (Wildman–Crippen MR) is 112 cm³/mol. The Morgan fingerprint density at radius 1 is 1.21 bits per heavy atom.